The Labute approximate surface area is 125 Å². The van der Waals surface area contributed by atoms with Crippen molar-refractivity contribution in [3.63, 3.8) is 0 Å². The molecule has 0 spiro atoms. The molecule has 1 heterocycles. The third-order valence-corrected chi connectivity index (χ3v) is 4.69. The summed E-state index contributed by atoms with van der Waals surface area (Å²) in [6.07, 6.45) is 6.03. The normalized spacial score (nSPS) is 15.3. The number of hydrogen-bond acceptors (Lipinski definition) is 1. The van der Waals surface area contributed by atoms with Gasteiger partial charge in [0.2, 0.25) is 0 Å². The minimum absolute atomic E-state index is 0.144. The van der Waals surface area contributed by atoms with Crippen LogP contribution in [0.5, 0.6) is 0 Å². The number of nitrogens with one attached hydrogen (secondary N) is 1. The summed E-state index contributed by atoms with van der Waals surface area (Å²) in [5, 5.41) is 0. The SMILES string of the molecule is CCCC(C)c1nc(C(C)(C)CC)[nH]c1C(C)CCC. The Morgan fingerprint density at radius 1 is 1.00 bits per heavy atom. The van der Waals surface area contributed by atoms with E-state index >= 15 is 0 Å². The molecule has 1 N–H and O–H groups in total. The first-order valence-electron chi connectivity index (χ1n) is 8.47. The van der Waals surface area contributed by atoms with Gasteiger partial charge in [-0.1, -0.05) is 61.3 Å². The number of nitrogens with zero attached hydrogens (tertiary/aromatic N) is 1. The van der Waals surface area contributed by atoms with Crippen molar-refractivity contribution in [1.82, 2.24) is 9.97 Å². The Morgan fingerprint density at radius 3 is 2.05 bits per heavy atom. The monoisotopic (exact) mass is 278 g/mol. The van der Waals surface area contributed by atoms with Crippen LogP contribution in [0.1, 0.15) is 110 Å². The number of H-pyrrole nitrogens is 1. The molecule has 0 bridgehead atoms. The van der Waals surface area contributed by atoms with Gasteiger partial charge in [0, 0.05) is 17.0 Å². The minimum Gasteiger partial charge on any atom is -0.345 e. The molecule has 116 valence electrons. The van der Waals surface area contributed by atoms with Crippen molar-refractivity contribution < 1.29 is 0 Å². The zero-order chi connectivity index (χ0) is 15.3. The van der Waals surface area contributed by atoms with Gasteiger partial charge < -0.3 is 4.98 Å². The molecule has 1 aromatic heterocycles. The highest BCUT2D eigenvalue weighted by Crippen LogP contribution is 2.33. The summed E-state index contributed by atoms with van der Waals surface area (Å²) >= 11 is 0. The van der Waals surface area contributed by atoms with Gasteiger partial charge in [-0.05, 0) is 25.2 Å². The largest absolute Gasteiger partial charge is 0.345 e. The lowest BCUT2D eigenvalue weighted by Gasteiger charge is -2.19. The summed E-state index contributed by atoms with van der Waals surface area (Å²) in [6.45, 7) is 16.0. The summed E-state index contributed by atoms with van der Waals surface area (Å²) < 4.78 is 0. The van der Waals surface area contributed by atoms with E-state index in [9.17, 15) is 0 Å². The van der Waals surface area contributed by atoms with Crippen LogP contribution in [0.2, 0.25) is 0 Å². The standard InChI is InChI=1S/C18H34N2/c1-8-11-13(4)15-16(14(5)12-9-2)20-17(19-15)18(6,7)10-3/h13-14H,8-12H2,1-7H3,(H,19,20). The first-order valence-corrected chi connectivity index (χ1v) is 8.47. The lowest BCUT2D eigenvalue weighted by atomic mass is 9.89. The van der Waals surface area contributed by atoms with Crippen molar-refractivity contribution in [2.24, 2.45) is 0 Å². The van der Waals surface area contributed by atoms with Gasteiger partial charge in [0.1, 0.15) is 5.82 Å². The second-order valence-corrected chi connectivity index (χ2v) is 7.00. The minimum atomic E-state index is 0.144. The van der Waals surface area contributed by atoms with E-state index in [-0.39, 0.29) is 5.41 Å². The topological polar surface area (TPSA) is 28.7 Å². The molecule has 2 atom stereocenters. The zero-order valence-electron chi connectivity index (χ0n) is 14.6. The van der Waals surface area contributed by atoms with Crippen LogP contribution in [0.15, 0.2) is 0 Å². The Balaban J connectivity index is 3.18. The highest BCUT2D eigenvalue weighted by Gasteiger charge is 2.27. The summed E-state index contributed by atoms with van der Waals surface area (Å²) in [4.78, 5) is 8.70. The van der Waals surface area contributed by atoms with Gasteiger partial charge in [0.15, 0.2) is 0 Å². The lowest BCUT2D eigenvalue weighted by Crippen LogP contribution is -2.17. The third-order valence-electron chi connectivity index (χ3n) is 4.69. The fourth-order valence-electron chi connectivity index (χ4n) is 2.79. The van der Waals surface area contributed by atoms with E-state index < -0.39 is 0 Å². The molecule has 0 aliphatic carbocycles. The Bertz CT molecular complexity index is 374. The summed E-state index contributed by atoms with van der Waals surface area (Å²) in [5.41, 5.74) is 2.86. The van der Waals surface area contributed by atoms with Crippen LogP contribution in [0, 0.1) is 0 Å². The molecule has 20 heavy (non-hydrogen) atoms. The van der Waals surface area contributed by atoms with Gasteiger partial charge >= 0.3 is 0 Å². The van der Waals surface area contributed by atoms with Crippen LogP contribution in [0.4, 0.5) is 0 Å². The van der Waals surface area contributed by atoms with Crippen LogP contribution >= 0.6 is 0 Å². The number of aromatic amines is 1. The molecule has 2 unspecified atom stereocenters. The first-order chi connectivity index (χ1) is 9.37. The Hall–Kier alpha value is -0.790. The molecule has 0 aromatic carbocycles. The van der Waals surface area contributed by atoms with Crippen LogP contribution in [-0.4, -0.2) is 9.97 Å². The predicted molar refractivity (Wildman–Crippen MR) is 88.6 cm³/mol. The van der Waals surface area contributed by atoms with Gasteiger partial charge in [0.05, 0.1) is 5.69 Å². The molecule has 1 rings (SSSR count). The summed E-state index contributed by atoms with van der Waals surface area (Å²) in [7, 11) is 0. The van der Waals surface area contributed by atoms with Crippen LogP contribution in [0.3, 0.4) is 0 Å². The van der Waals surface area contributed by atoms with Crippen molar-refractivity contribution in [1.29, 1.82) is 0 Å². The summed E-state index contributed by atoms with van der Waals surface area (Å²) in [5.74, 6) is 2.33. The molecule has 0 radical (unpaired) electrons. The maximum Gasteiger partial charge on any atom is 0.112 e. The highest BCUT2D eigenvalue weighted by atomic mass is 15.0. The van der Waals surface area contributed by atoms with Crippen molar-refractivity contribution in [2.75, 3.05) is 0 Å². The molecule has 2 heteroatoms. The molecule has 2 nitrogen and oxygen atoms in total. The van der Waals surface area contributed by atoms with Crippen LogP contribution in [-0.2, 0) is 5.41 Å². The predicted octanol–water partition coefficient (Wildman–Crippen LogP) is 5.90. The van der Waals surface area contributed by atoms with E-state index in [0.717, 1.165) is 6.42 Å². The Kier molecular flexibility index (Phi) is 6.29. The van der Waals surface area contributed by atoms with Crippen LogP contribution < -0.4 is 0 Å². The lowest BCUT2D eigenvalue weighted by molar-refractivity contribution is 0.474. The van der Waals surface area contributed by atoms with E-state index in [4.69, 9.17) is 4.98 Å². The molecule has 0 saturated carbocycles. The van der Waals surface area contributed by atoms with Crippen molar-refractivity contribution in [2.45, 2.75) is 97.8 Å². The van der Waals surface area contributed by atoms with E-state index in [1.54, 1.807) is 0 Å². The fraction of sp³-hybridized carbons (Fsp3) is 0.833. The van der Waals surface area contributed by atoms with Gasteiger partial charge in [-0.2, -0.15) is 0 Å². The van der Waals surface area contributed by atoms with E-state index in [1.807, 2.05) is 0 Å². The first kappa shape index (κ1) is 17.3. The van der Waals surface area contributed by atoms with Crippen molar-refractivity contribution in [3.05, 3.63) is 17.2 Å². The zero-order valence-corrected chi connectivity index (χ0v) is 14.6. The van der Waals surface area contributed by atoms with Crippen molar-refractivity contribution in [3.8, 4) is 0 Å². The van der Waals surface area contributed by atoms with E-state index in [0.29, 0.717) is 11.8 Å². The fourth-order valence-corrected chi connectivity index (χ4v) is 2.79. The van der Waals surface area contributed by atoms with E-state index in [1.165, 1.54) is 42.9 Å². The highest BCUT2D eigenvalue weighted by molar-refractivity contribution is 5.25. The smallest absolute Gasteiger partial charge is 0.112 e. The van der Waals surface area contributed by atoms with Gasteiger partial charge in [-0.3, -0.25) is 0 Å². The summed E-state index contributed by atoms with van der Waals surface area (Å²) in [6, 6.07) is 0. The molecule has 0 fully saturated rings. The number of hydrogen-bond donors (Lipinski definition) is 1. The van der Waals surface area contributed by atoms with Gasteiger partial charge in [-0.25, -0.2) is 4.98 Å². The molecule has 1 aromatic rings. The van der Waals surface area contributed by atoms with Gasteiger partial charge in [0.25, 0.3) is 0 Å². The molecular formula is C18H34N2. The Morgan fingerprint density at radius 2 is 1.55 bits per heavy atom. The molecule has 0 amide bonds. The maximum atomic E-state index is 5.02. The molecule has 0 saturated heterocycles. The second kappa shape index (κ2) is 7.28. The number of rotatable bonds is 8. The number of imidazole rings is 1. The molecule has 0 aliphatic heterocycles. The molecular weight excluding hydrogens is 244 g/mol. The van der Waals surface area contributed by atoms with Crippen molar-refractivity contribution >= 4 is 0 Å². The third kappa shape index (κ3) is 3.86. The van der Waals surface area contributed by atoms with E-state index in [2.05, 4.69) is 53.5 Å². The average molecular weight is 278 g/mol. The average Bonchev–Trinajstić information content (AvgIpc) is 2.85. The maximum absolute atomic E-state index is 5.02. The quantitative estimate of drug-likeness (QED) is 0.629. The molecule has 0 aliphatic rings. The van der Waals surface area contributed by atoms with Gasteiger partial charge in [-0.15, -0.1) is 0 Å². The van der Waals surface area contributed by atoms with Crippen LogP contribution in [0.25, 0.3) is 0 Å². The second-order valence-electron chi connectivity index (χ2n) is 7.00. The number of aromatic nitrogens is 2.